The van der Waals surface area contributed by atoms with E-state index in [1.165, 1.54) is 25.7 Å². The number of hydrogen-bond acceptors (Lipinski definition) is 5. The number of hydrogen-bond donors (Lipinski definition) is 2. The van der Waals surface area contributed by atoms with Crippen LogP contribution in [0.3, 0.4) is 0 Å². The first-order chi connectivity index (χ1) is 13.0. The first-order valence-electron chi connectivity index (χ1n) is 9.32. The molecule has 1 heterocycles. The van der Waals surface area contributed by atoms with Crippen LogP contribution in [0.4, 0.5) is 11.6 Å². The summed E-state index contributed by atoms with van der Waals surface area (Å²) in [6.07, 6.45) is 6.89. The Balaban J connectivity index is 1.73. The van der Waals surface area contributed by atoms with Crippen LogP contribution < -0.4 is 15.4 Å². The summed E-state index contributed by atoms with van der Waals surface area (Å²) in [5, 5.41) is 6.71. The van der Waals surface area contributed by atoms with E-state index in [2.05, 4.69) is 20.6 Å². The van der Waals surface area contributed by atoms with Crippen molar-refractivity contribution in [3.63, 3.8) is 0 Å². The fourth-order valence-electron chi connectivity index (χ4n) is 3.30. The van der Waals surface area contributed by atoms with Gasteiger partial charge in [-0.3, -0.25) is 4.79 Å². The van der Waals surface area contributed by atoms with Gasteiger partial charge in [0.2, 0.25) is 5.95 Å². The number of amides is 1. The zero-order valence-corrected chi connectivity index (χ0v) is 16.5. The SMILES string of the molecule is COc1ccc(Nc2nc(C)cc(C(=O)NC3CCCCCC3)n2)cc1Cl. The van der Waals surface area contributed by atoms with Gasteiger partial charge in [-0.15, -0.1) is 0 Å². The predicted octanol–water partition coefficient (Wildman–Crippen LogP) is 4.64. The van der Waals surface area contributed by atoms with Crippen LogP contribution in [0.15, 0.2) is 24.3 Å². The van der Waals surface area contributed by atoms with Gasteiger partial charge in [0.1, 0.15) is 11.4 Å². The van der Waals surface area contributed by atoms with Crippen LogP contribution in [0.2, 0.25) is 5.02 Å². The molecule has 2 N–H and O–H groups in total. The van der Waals surface area contributed by atoms with E-state index in [0.717, 1.165) is 24.2 Å². The largest absolute Gasteiger partial charge is 0.495 e. The van der Waals surface area contributed by atoms with Crippen LogP contribution in [0.1, 0.15) is 54.7 Å². The molecule has 1 saturated carbocycles. The van der Waals surface area contributed by atoms with Gasteiger partial charge in [0.15, 0.2) is 0 Å². The van der Waals surface area contributed by atoms with E-state index < -0.39 is 0 Å². The smallest absolute Gasteiger partial charge is 0.270 e. The van der Waals surface area contributed by atoms with E-state index in [1.54, 1.807) is 25.3 Å². The van der Waals surface area contributed by atoms with Crippen molar-refractivity contribution in [3.05, 3.63) is 40.7 Å². The van der Waals surface area contributed by atoms with E-state index in [1.807, 2.05) is 13.0 Å². The predicted molar refractivity (Wildman–Crippen MR) is 107 cm³/mol. The molecule has 0 radical (unpaired) electrons. The molecule has 6 nitrogen and oxygen atoms in total. The molecule has 144 valence electrons. The average molecular weight is 389 g/mol. The highest BCUT2D eigenvalue weighted by Gasteiger charge is 2.17. The Morgan fingerprint density at radius 1 is 1.15 bits per heavy atom. The maximum Gasteiger partial charge on any atom is 0.270 e. The van der Waals surface area contributed by atoms with Crippen LogP contribution in [0, 0.1) is 6.92 Å². The van der Waals surface area contributed by atoms with Crippen LogP contribution in [-0.2, 0) is 0 Å². The molecule has 1 amide bonds. The van der Waals surface area contributed by atoms with E-state index in [0.29, 0.717) is 22.4 Å². The van der Waals surface area contributed by atoms with Gasteiger partial charge >= 0.3 is 0 Å². The maximum atomic E-state index is 12.7. The lowest BCUT2D eigenvalue weighted by atomic mass is 10.1. The third-order valence-electron chi connectivity index (χ3n) is 4.69. The molecule has 1 aromatic carbocycles. The molecule has 1 aromatic heterocycles. The molecule has 0 aliphatic heterocycles. The molecule has 27 heavy (non-hydrogen) atoms. The second kappa shape index (κ2) is 9.04. The number of carbonyl (C=O) groups is 1. The highest BCUT2D eigenvalue weighted by Crippen LogP contribution is 2.28. The minimum atomic E-state index is -0.150. The zero-order valence-electron chi connectivity index (χ0n) is 15.7. The molecule has 0 unspecified atom stereocenters. The van der Waals surface area contributed by atoms with Gasteiger partial charge < -0.3 is 15.4 Å². The summed E-state index contributed by atoms with van der Waals surface area (Å²) in [5.74, 6) is 0.807. The Morgan fingerprint density at radius 3 is 2.56 bits per heavy atom. The van der Waals surface area contributed by atoms with Gasteiger partial charge in [0, 0.05) is 17.4 Å². The second-order valence-corrected chi connectivity index (χ2v) is 7.26. The van der Waals surface area contributed by atoms with Crippen molar-refractivity contribution in [3.8, 4) is 5.75 Å². The molecule has 0 bridgehead atoms. The summed E-state index contributed by atoms with van der Waals surface area (Å²) in [6.45, 7) is 1.84. The number of rotatable bonds is 5. The maximum absolute atomic E-state index is 12.7. The van der Waals surface area contributed by atoms with E-state index in [9.17, 15) is 4.79 Å². The minimum Gasteiger partial charge on any atom is -0.495 e. The van der Waals surface area contributed by atoms with Crippen molar-refractivity contribution < 1.29 is 9.53 Å². The Bertz CT molecular complexity index is 805. The van der Waals surface area contributed by atoms with Gasteiger partial charge in [-0.2, -0.15) is 0 Å². The number of benzene rings is 1. The van der Waals surface area contributed by atoms with Crippen LogP contribution >= 0.6 is 11.6 Å². The number of carbonyl (C=O) groups excluding carboxylic acids is 1. The quantitative estimate of drug-likeness (QED) is 0.729. The summed E-state index contributed by atoms with van der Waals surface area (Å²) in [5.41, 5.74) is 1.81. The lowest BCUT2D eigenvalue weighted by Gasteiger charge is -2.16. The lowest BCUT2D eigenvalue weighted by molar-refractivity contribution is 0.0928. The number of methoxy groups -OCH3 is 1. The molecular formula is C20H25ClN4O2. The third-order valence-corrected chi connectivity index (χ3v) is 4.98. The highest BCUT2D eigenvalue weighted by molar-refractivity contribution is 6.32. The molecule has 0 atom stereocenters. The van der Waals surface area contributed by atoms with Crippen molar-refractivity contribution in [2.75, 3.05) is 12.4 Å². The summed E-state index contributed by atoms with van der Waals surface area (Å²) >= 11 is 6.16. The third kappa shape index (κ3) is 5.32. The fraction of sp³-hybridized carbons (Fsp3) is 0.450. The molecule has 3 rings (SSSR count). The number of anilines is 2. The molecule has 0 spiro atoms. The normalized spacial score (nSPS) is 15.1. The van der Waals surface area contributed by atoms with E-state index in [4.69, 9.17) is 16.3 Å². The Morgan fingerprint density at radius 2 is 1.89 bits per heavy atom. The Hall–Kier alpha value is -2.34. The van der Waals surface area contributed by atoms with Crippen LogP contribution in [-0.4, -0.2) is 29.0 Å². The molecule has 1 fully saturated rings. The van der Waals surface area contributed by atoms with Crippen LogP contribution in [0.5, 0.6) is 5.75 Å². The standard InChI is InChI=1S/C20H25ClN4O2/c1-13-11-17(19(26)23-14-7-5-3-4-6-8-14)25-20(22-13)24-15-9-10-18(27-2)16(21)12-15/h9-12,14H,3-8H2,1-2H3,(H,23,26)(H,22,24,25). The van der Waals surface area contributed by atoms with Gasteiger partial charge in [0.25, 0.3) is 5.91 Å². The van der Waals surface area contributed by atoms with E-state index in [-0.39, 0.29) is 11.9 Å². The van der Waals surface area contributed by atoms with Gasteiger partial charge in [0.05, 0.1) is 12.1 Å². The first kappa shape index (κ1) is 19.4. The fourth-order valence-corrected chi connectivity index (χ4v) is 3.55. The Kier molecular flexibility index (Phi) is 6.50. The lowest BCUT2D eigenvalue weighted by Crippen LogP contribution is -2.35. The van der Waals surface area contributed by atoms with Crippen molar-refractivity contribution >= 4 is 29.1 Å². The molecular weight excluding hydrogens is 364 g/mol. The number of nitrogens with one attached hydrogen (secondary N) is 2. The number of ether oxygens (including phenoxy) is 1. The topological polar surface area (TPSA) is 76.1 Å². The highest BCUT2D eigenvalue weighted by atomic mass is 35.5. The number of halogens is 1. The van der Waals surface area contributed by atoms with Crippen molar-refractivity contribution in [2.45, 2.75) is 51.5 Å². The van der Waals surface area contributed by atoms with Gasteiger partial charge in [-0.1, -0.05) is 37.3 Å². The Labute approximate surface area is 164 Å². The summed E-state index contributed by atoms with van der Waals surface area (Å²) in [7, 11) is 1.57. The second-order valence-electron chi connectivity index (χ2n) is 6.85. The molecule has 7 heteroatoms. The zero-order chi connectivity index (χ0) is 19.2. The molecule has 1 aliphatic rings. The van der Waals surface area contributed by atoms with E-state index >= 15 is 0 Å². The minimum absolute atomic E-state index is 0.150. The average Bonchev–Trinajstić information content (AvgIpc) is 2.90. The molecule has 1 aliphatic carbocycles. The number of aryl methyl sites for hydroxylation is 1. The molecule has 2 aromatic rings. The summed E-state index contributed by atoms with van der Waals surface area (Å²) in [6, 6.07) is 7.25. The van der Waals surface area contributed by atoms with Crippen molar-refractivity contribution in [1.82, 2.24) is 15.3 Å². The van der Waals surface area contributed by atoms with Crippen molar-refractivity contribution in [1.29, 1.82) is 0 Å². The number of aromatic nitrogens is 2. The first-order valence-corrected chi connectivity index (χ1v) is 9.70. The van der Waals surface area contributed by atoms with Gasteiger partial charge in [-0.05, 0) is 44.0 Å². The van der Waals surface area contributed by atoms with Gasteiger partial charge in [-0.25, -0.2) is 9.97 Å². The molecule has 0 saturated heterocycles. The number of nitrogens with zero attached hydrogens (tertiary/aromatic N) is 2. The summed E-state index contributed by atoms with van der Waals surface area (Å²) in [4.78, 5) is 21.4. The van der Waals surface area contributed by atoms with Crippen molar-refractivity contribution in [2.24, 2.45) is 0 Å². The van der Waals surface area contributed by atoms with Crippen LogP contribution in [0.25, 0.3) is 0 Å². The summed E-state index contributed by atoms with van der Waals surface area (Å²) < 4.78 is 5.16. The monoisotopic (exact) mass is 388 g/mol.